The van der Waals surface area contributed by atoms with Crippen molar-refractivity contribution in [2.45, 2.75) is 31.9 Å². The summed E-state index contributed by atoms with van der Waals surface area (Å²) in [7, 11) is 1.55. The van der Waals surface area contributed by atoms with E-state index in [1.165, 1.54) is 11.0 Å². The van der Waals surface area contributed by atoms with Crippen molar-refractivity contribution in [3.05, 3.63) is 70.8 Å². The third kappa shape index (κ3) is 5.67. The molecule has 1 aliphatic heterocycles. The molecule has 1 aliphatic rings. The maximum atomic E-state index is 13.9. The summed E-state index contributed by atoms with van der Waals surface area (Å²) in [6, 6.07) is 7.15. The second-order valence-electron chi connectivity index (χ2n) is 8.74. The van der Waals surface area contributed by atoms with E-state index in [0.29, 0.717) is 17.0 Å². The summed E-state index contributed by atoms with van der Waals surface area (Å²) in [5.41, 5.74) is 0.0411. The monoisotopic (exact) mass is 495 g/mol. The summed E-state index contributed by atoms with van der Waals surface area (Å²) >= 11 is 0. The molecule has 2 amide bonds. The van der Waals surface area contributed by atoms with Crippen LogP contribution in [0.15, 0.2) is 36.4 Å². The fourth-order valence-corrected chi connectivity index (χ4v) is 3.45. The summed E-state index contributed by atoms with van der Waals surface area (Å²) < 4.78 is 32.8. The van der Waals surface area contributed by atoms with Crippen molar-refractivity contribution in [2.75, 3.05) is 18.6 Å². The Morgan fingerprint density at radius 3 is 2.81 bits per heavy atom. The van der Waals surface area contributed by atoms with Gasteiger partial charge in [-0.05, 0) is 43.7 Å². The maximum absolute atomic E-state index is 13.9. The van der Waals surface area contributed by atoms with Gasteiger partial charge in [-0.3, -0.25) is 14.7 Å². The standard InChI is InChI=1S/C25H23F2N5O4/c1-25(2,35)9-8-14-4-7-20-19(10-14)32(3)24(34)18(13-36-20)28-23(33)22-29-21(30-31-22)11-15-5-6-16(26)12-17(15)27/h4-7,10,12,18,35H,11,13H2,1-3H3,(H,28,33)(H,29,30,31). The first-order chi connectivity index (χ1) is 17.0. The topological polar surface area (TPSA) is 120 Å². The molecular weight excluding hydrogens is 472 g/mol. The van der Waals surface area contributed by atoms with Gasteiger partial charge < -0.3 is 20.1 Å². The number of aromatic amines is 1. The van der Waals surface area contributed by atoms with Gasteiger partial charge in [-0.1, -0.05) is 17.9 Å². The van der Waals surface area contributed by atoms with Crippen LogP contribution in [0.2, 0.25) is 0 Å². The Morgan fingerprint density at radius 2 is 2.08 bits per heavy atom. The summed E-state index contributed by atoms with van der Waals surface area (Å²) in [5, 5.41) is 18.8. The van der Waals surface area contributed by atoms with Gasteiger partial charge in [0.1, 0.15) is 41.5 Å². The fraction of sp³-hybridized carbons (Fsp3) is 0.280. The van der Waals surface area contributed by atoms with Crippen molar-refractivity contribution in [1.82, 2.24) is 20.5 Å². The quantitative estimate of drug-likeness (QED) is 0.476. The van der Waals surface area contributed by atoms with Crippen LogP contribution in [-0.4, -0.2) is 57.4 Å². The van der Waals surface area contributed by atoms with Crippen molar-refractivity contribution in [3.8, 4) is 17.6 Å². The number of hydrogen-bond donors (Lipinski definition) is 3. The number of aliphatic hydroxyl groups is 1. The van der Waals surface area contributed by atoms with Crippen LogP contribution in [0.25, 0.3) is 0 Å². The molecule has 3 N–H and O–H groups in total. The number of rotatable bonds is 4. The number of hydrogen-bond acceptors (Lipinski definition) is 6. The molecule has 0 spiro atoms. The molecule has 2 aromatic carbocycles. The van der Waals surface area contributed by atoms with E-state index in [2.05, 4.69) is 32.3 Å². The number of halogens is 2. The Labute approximate surface area is 205 Å². The summed E-state index contributed by atoms with van der Waals surface area (Å²) in [5.74, 6) is 3.35. The number of aromatic nitrogens is 3. The molecule has 2 heterocycles. The minimum absolute atomic E-state index is 0.0331. The minimum Gasteiger partial charge on any atom is -0.489 e. The molecule has 36 heavy (non-hydrogen) atoms. The number of amides is 2. The van der Waals surface area contributed by atoms with Gasteiger partial charge in [0.2, 0.25) is 5.82 Å². The van der Waals surface area contributed by atoms with Crippen LogP contribution in [0, 0.1) is 23.5 Å². The zero-order valence-electron chi connectivity index (χ0n) is 19.7. The number of nitrogens with zero attached hydrogens (tertiary/aromatic N) is 3. The van der Waals surface area contributed by atoms with Gasteiger partial charge in [-0.2, -0.15) is 0 Å². The molecule has 0 saturated carbocycles. The number of likely N-dealkylation sites (N-methyl/N-ethyl adjacent to an activating group) is 1. The molecule has 0 saturated heterocycles. The fourth-order valence-electron chi connectivity index (χ4n) is 3.45. The molecule has 0 bridgehead atoms. The number of fused-ring (bicyclic) bond motifs is 1. The Morgan fingerprint density at radius 1 is 1.31 bits per heavy atom. The highest BCUT2D eigenvalue weighted by atomic mass is 19.1. The lowest BCUT2D eigenvalue weighted by Gasteiger charge is -2.20. The molecule has 186 valence electrons. The minimum atomic E-state index is -1.17. The highest BCUT2D eigenvalue weighted by Crippen LogP contribution is 2.31. The van der Waals surface area contributed by atoms with Crippen LogP contribution in [0.5, 0.6) is 5.75 Å². The molecule has 0 radical (unpaired) electrons. The maximum Gasteiger partial charge on any atom is 0.291 e. The lowest BCUT2D eigenvalue weighted by Crippen LogP contribution is -2.49. The van der Waals surface area contributed by atoms with E-state index in [1.54, 1.807) is 39.1 Å². The van der Waals surface area contributed by atoms with Gasteiger partial charge in [0.25, 0.3) is 11.8 Å². The number of H-pyrrole nitrogens is 1. The predicted octanol–water partition coefficient (Wildman–Crippen LogP) is 1.95. The Balaban J connectivity index is 1.46. The third-order valence-electron chi connectivity index (χ3n) is 5.28. The van der Waals surface area contributed by atoms with E-state index in [0.717, 1.165) is 12.1 Å². The zero-order chi connectivity index (χ0) is 26.0. The van der Waals surface area contributed by atoms with E-state index in [-0.39, 0.29) is 30.2 Å². The summed E-state index contributed by atoms with van der Waals surface area (Å²) in [6.07, 6.45) is -0.0331. The van der Waals surface area contributed by atoms with E-state index in [4.69, 9.17) is 4.74 Å². The molecule has 3 aromatic rings. The lowest BCUT2D eigenvalue weighted by atomic mass is 10.1. The van der Waals surface area contributed by atoms with Crippen LogP contribution >= 0.6 is 0 Å². The van der Waals surface area contributed by atoms with Gasteiger partial charge in [0, 0.05) is 25.1 Å². The number of carbonyl (C=O) groups is 2. The SMILES string of the molecule is CN1C(=O)C(NC(=O)c2n[nH]c(Cc3ccc(F)cc3F)n2)COc2ccc(C#CC(C)(C)O)cc21. The largest absolute Gasteiger partial charge is 0.489 e. The van der Waals surface area contributed by atoms with Crippen LogP contribution < -0.4 is 15.0 Å². The van der Waals surface area contributed by atoms with Gasteiger partial charge in [0.05, 0.1) is 5.69 Å². The molecule has 1 aromatic heterocycles. The van der Waals surface area contributed by atoms with E-state index in [9.17, 15) is 23.5 Å². The van der Waals surface area contributed by atoms with Crippen molar-refractivity contribution in [1.29, 1.82) is 0 Å². The van der Waals surface area contributed by atoms with Gasteiger partial charge in [0.15, 0.2) is 0 Å². The lowest BCUT2D eigenvalue weighted by molar-refractivity contribution is -0.120. The van der Waals surface area contributed by atoms with E-state index >= 15 is 0 Å². The molecule has 1 unspecified atom stereocenters. The summed E-state index contributed by atoms with van der Waals surface area (Å²) in [4.78, 5) is 31.2. The smallest absolute Gasteiger partial charge is 0.291 e. The molecule has 0 aliphatic carbocycles. The molecule has 9 nitrogen and oxygen atoms in total. The summed E-state index contributed by atoms with van der Waals surface area (Å²) in [6.45, 7) is 3.00. The van der Waals surface area contributed by atoms with Crippen LogP contribution in [-0.2, 0) is 11.2 Å². The van der Waals surface area contributed by atoms with Crippen LogP contribution in [0.1, 0.15) is 41.4 Å². The van der Waals surface area contributed by atoms with Gasteiger partial charge in [-0.25, -0.2) is 13.8 Å². The van der Waals surface area contributed by atoms with Crippen LogP contribution in [0.3, 0.4) is 0 Å². The number of ether oxygens (including phenoxy) is 1. The second kappa shape index (κ2) is 9.75. The number of carbonyl (C=O) groups excluding carboxylic acids is 2. The zero-order valence-corrected chi connectivity index (χ0v) is 19.7. The number of nitrogens with one attached hydrogen (secondary N) is 2. The first-order valence-corrected chi connectivity index (χ1v) is 11.0. The number of anilines is 1. The Hall–Kier alpha value is -4.30. The molecular formula is C25H23F2N5O4. The van der Waals surface area contributed by atoms with E-state index < -0.39 is 35.1 Å². The van der Waals surface area contributed by atoms with Crippen molar-refractivity contribution in [3.63, 3.8) is 0 Å². The Bertz CT molecular complexity index is 1390. The highest BCUT2D eigenvalue weighted by molar-refractivity contribution is 6.02. The van der Waals surface area contributed by atoms with Crippen molar-refractivity contribution >= 4 is 17.5 Å². The highest BCUT2D eigenvalue weighted by Gasteiger charge is 2.31. The molecule has 11 heteroatoms. The normalized spacial score (nSPS) is 15.3. The third-order valence-corrected chi connectivity index (χ3v) is 5.28. The Kier molecular flexibility index (Phi) is 6.72. The van der Waals surface area contributed by atoms with Gasteiger partial charge in [-0.15, -0.1) is 5.10 Å². The van der Waals surface area contributed by atoms with Crippen LogP contribution in [0.4, 0.5) is 14.5 Å². The molecule has 4 rings (SSSR count). The average molecular weight is 495 g/mol. The number of benzene rings is 2. The average Bonchev–Trinajstić information content (AvgIpc) is 3.25. The van der Waals surface area contributed by atoms with Gasteiger partial charge >= 0.3 is 0 Å². The van der Waals surface area contributed by atoms with Crippen molar-refractivity contribution in [2.24, 2.45) is 0 Å². The first-order valence-electron chi connectivity index (χ1n) is 11.0. The predicted molar refractivity (Wildman–Crippen MR) is 125 cm³/mol. The second-order valence-corrected chi connectivity index (χ2v) is 8.74. The molecule has 1 atom stereocenters. The van der Waals surface area contributed by atoms with Crippen molar-refractivity contribution < 1.29 is 28.2 Å². The molecule has 0 fully saturated rings. The van der Waals surface area contributed by atoms with E-state index in [1.807, 2.05) is 0 Å². The first kappa shape index (κ1) is 24.8.